The molecule has 0 saturated carbocycles. The summed E-state index contributed by atoms with van der Waals surface area (Å²) in [6, 6.07) is 15.9. The smallest absolute Gasteiger partial charge is 0.313 e. The van der Waals surface area contributed by atoms with Crippen LogP contribution in [0.4, 0.5) is 10.1 Å². The van der Waals surface area contributed by atoms with Gasteiger partial charge in [-0.05, 0) is 61.7 Å². The molecule has 0 aliphatic carbocycles. The summed E-state index contributed by atoms with van der Waals surface area (Å²) in [6.07, 6.45) is 3.01. The summed E-state index contributed by atoms with van der Waals surface area (Å²) in [5, 5.41) is 2.73. The Bertz CT molecular complexity index is 1360. The molecule has 1 N–H and O–H groups in total. The second-order valence-electron chi connectivity index (χ2n) is 8.95. The van der Waals surface area contributed by atoms with Crippen LogP contribution in [-0.4, -0.2) is 47.7 Å². The summed E-state index contributed by atoms with van der Waals surface area (Å²) in [4.78, 5) is 41.5. The molecule has 0 bridgehead atoms. The first-order valence-corrected chi connectivity index (χ1v) is 13.3. The van der Waals surface area contributed by atoms with Crippen molar-refractivity contribution in [3.63, 3.8) is 0 Å². The van der Waals surface area contributed by atoms with Crippen molar-refractivity contribution in [2.45, 2.75) is 25.8 Å². The molecule has 0 radical (unpaired) electrons. The number of nitrogens with zero attached hydrogens (tertiary/aromatic N) is 2. The Morgan fingerprint density at radius 1 is 1.03 bits per heavy atom. The number of rotatable bonds is 6. The first-order valence-electron chi connectivity index (χ1n) is 12.1. The zero-order chi connectivity index (χ0) is 27.2. The van der Waals surface area contributed by atoms with Crippen molar-refractivity contribution in [1.82, 2.24) is 9.80 Å². The quantitative estimate of drug-likeness (QED) is 0.338. The van der Waals surface area contributed by atoms with E-state index in [4.69, 9.17) is 16.3 Å². The molecule has 3 aromatic rings. The van der Waals surface area contributed by atoms with Crippen LogP contribution in [0.25, 0.3) is 0 Å². The number of amides is 3. The lowest BCUT2D eigenvalue weighted by molar-refractivity contribution is -0.142. The van der Waals surface area contributed by atoms with E-state index < -0.39 is 17.6 Å². The topological polar surface area (TPSA) is 79.0 Å². The van der Waals surface area contributed by atoms with Gasteiger partial charge in [-0.3, -0.25) is 14.4 Å². The highest BCUT2D eigenvalue weighted by molar-refractivity contribution is 9.10. The SMILES string of the molecule is CN(Cc1ccccc1Oc1ccc(Br)cc1F)C(=O)C(=O)Nc1cc(C(=O)N2CCCCC2)ccc1Cl. The summed E-state index contributed by atoms with van der Waals surface area (Å²) >= 11 is 9.46. The van der Waals surface area contributed by atoms with Crippen LogP contribution in [0.1, 0.15) is 35.2 Å². The Hall–Kier alpha value is -3.43. The van der Waals surface area contributed by atoms with Gasteiger partial charge in [-0.2, -0.15) is 0 Å². The Morgan fingerprint density at radius 2 is 1.76 bits per heavy atom. The standard InChI is InChI=1S/C28H26BrClFN3O4/c1-33(17-19-7-3-4-8-24(19)38-25-12-10-20(29)16-22(25)31)28(37)26(35)32-23-15-18(9-11-21(23)30)27(36)34-13-5-2-6-14-34/h3-4,7-12,15-16H,2,5-6,13-14,17H2,1H3,(H,32,35). The molecule has 7 nitrogen and oxygen atoms in total. The zero-order valence-corrected chi connectivity index (χ0v) is 23.0. The molecule has 1 heterocycles. The molecular formula is C28H26BrClFN3O4. The van der Waals surface area contributed by atoms with Crippen LogP contribution in [0.2, 0.25) is 5.02 Å². The van der Waals surface area contributed by atoms with Gasteiger partial charge in [-0.15, -0.1) is 0 Å². The number of nitrogens with one attached hydrogen (secondary N) is 1. The number of anilines is 1. The van der Waals surface area contributed by atoms with E-state index in [2.05, 4.69) is 21.2 Å². The van der Waals surface area contributed by atoms with Gasteiger partial charge < -0.3 is 19.9 Å². The van der Waals surface area contributed by atoms with Crippen LogP contribution in [0.15, 0.2) is 65.1 Å². The van der Waals surface area contributed by atoms with Crippen molar-refractivity contribution >= 4 is 50.9 Å². The molecule has 198 valence electrons. The van der Waals surface area contributed by atoms with Gasteiger partial charge in [0.1, 0.15) is 5.75 Å². The predicted molar refractivity (Wildman–Crippen MR) is 147 cm³/mol. The number of hydrogen-bond acceptors (Lipinski definition) is 4. The van der Waals surface area contributed by atoms with E-state index in [0.29, 0.717) is 34.4 Å². The third-order valence-corrected chi connectivity index (χ3v) is 6.96. The second-order valence-corrected chi connectivity index (χ2v) is 10.3. The fraction of sp³-hybridized carbons (Fsp3) is 0.250. The van der Waals surface area contributed by atoms with Crippen molar-refractivity contribution in [3.8, 4) is 11.5 Å². The monoisotopic (exact) mass is 601 g/mol. The minimum Gasteiger partial charge on any atom is -0.454 e. The number of halogens is 3. The minimum absolute atomic E-state index is 0.0287. The van der Waals surface area contributed by atoms with E-state index in [1.54, 1.807) is 41.3 Å². The van der Waals surface area contributed by atoms with Gasteiger partial charge >= 0.3 is 11.8 Å². The zero-order valence-electron chi connectivity index (χ0n) is 20.7. The Kier molecular flexibility index (Phi) is 9.01. The third kappa shape index (κ3) is 6.71. The lowest BCUT2D eigenvalue weighted by Gasteiger charge is -2.27. The molecule has 3 aromatic carbocycles. The molecular weight excluding hydrogens is 577 g/mol. The maximum Gasteiger partial charge on any atom is 0.313 e. The average molecular weight is 603 g/mol. The van der Waals surface area contributed by atoms with E-state index in [1.807, 2.05) is 0 Å². The minimum atomic E-state index is -0.908. The Labute approximate surface area is 233 Å². The van der Waals surface area contributed by atoms with E-state index in [0.717, 1.165) is 19.3 Å². The largest absolute Gasteiger partial charge is 0.454 e. The number of hydrogen-bond donors (Lipinski definition) is 1. The average Bonchev–Trinajstić information content (AvgIpc) is 2.92. The van der Waals surface area contributed by atoms with Gasteiger partial charge in [0.05, 0.1) is 10.7 Å². The molecule has 1 aliphatic rings. The van der Waals surface area contributed by atoms with Gasteiger partial charge in [0.25, 0.3) is 5.91 Å². The maximum atomic E-state index is 14.3. The molecule has 1 fully saturated rings. The van der Waals surface area contributed by atoms with Crippen LogP contribution in [0, 0.1) is 5.82 Å². The molecule has 0 unspecified atom stereocenters. The molecule has 0 spiro atoms. The fourth-order valence-corrected chi connectivity index (χ4v) is 4.62. The van der Waals surface area contributed by atoms with Crippen molar-refractivity contribution in [1.29, 1.82) is 0 Å². The van der Waals surface area contributed by atoms with Crippen LogP contribution in [0.5, 0.6) is 11.5 Å². The van der Waals surface area contributed by atoms with Crippen LogP contribution in [-0.2, 0) is 16.1 Å². The highest BCUT2D eigenvalue weighted by Gasteiger charge is 2.23. The number of carbonyl (C=O) groups is 3. The number of carbonyl (C=O) groups excluding carboxylic acids is 3. The summed E-state index contributed by atoms with van der Waals surface area (Å²) < 4.78 is 20.6. The molecule has 3 amide bonds. The molecule has 0 atom stereocenters. The molecule has 4 rings (SSSR count). The van der Waals surface area contributed by atoms with Crippen molar-refractivity contribution in [2.24, 2.45) is 0 Å². The van der Waals surface area contributed by atoms with E-state index in [-0.39, 0.29) is 28.9 Å². The lowest BCUT2D eigenvalue weighted by atomic mass is 10.1. The number of ether oxygens (including phenoxy) is 1. The van der Waals surface area contributed by atoms with Crippen LogP contribution >= 0.6 is 27.5 Å². The number of likely N-dealkylation sites (tertiary alicyclic amines) is 1. The Balaban J connectivity index is 1.43. The number of para-hydroxylation sites is 1. The van der Waals surface area contributed by atoms with Gasteiger partial charge in [0, 0.05) is 42.3 Å². The molecule has 0 aromatic heterocycles. The second kappa shape index (κ2) is 12.4. The Morgan fingerprint density at radius 3 is 2.50 bits per heavy atom. The summed E-state index contributed by atoms with van der Waals surface area (Å²) in [5.74, 6) is -2.04. The molecule has 1 aliphatic heterocycles. The normalized spacial score (nSPS) is 13.1. The fourth-order valence-electron chi connectivity index (χ4n) is 4.12. The molecule has 38 heavy (non-hydrogen) atoms. The van der Waals surface area contributed by atoms with Gasteiger partial charge in [-0.25, -0.2) is 4.39 Å². The van der Waals surface area contributed by atoms with Gasteiger partial charge in [0.2, 0.25) is 0 Å². The van der Waals surface area contributed by atoms with Crippen LogP contribution < -0.4 is 10.1 Å². The number of benzene rings is 3. The molecule has 1 saturated heterocycles. The lowest BCUT2D eigenvalue weighted by Crippen LogP contribution is -2.37. The van der Waals surface area contributed by atoms with E-state index >= 15 is 0 Å². The summed E-state index contributed by atoms with van der Waals surface area (Å²) in [6.45, 7) is 1.40. The first-order chi connectivity index (χ1) is 18.2. The van der Waals surface area contributed by atoms with Gasteiger partial charge in [0.15, 0.2) is 11.6 Å². The highest BCUT2D eigenvalue weighted by Crippen LogP contribution is 2.30. The maximum absolute atomic E-state index is 14.3. The van der Waals surface area contributed by atoms with Crippen LogP contribution in [0.3, 0.4) is 0 Å². The van der Waals surface area contributed by atoms with E-state index in [9.17, 15) is 18.8 Å². The number of piperidine rings is 1. The van der Waals surface area contributed by atoms with E-state index in [1.165, 1.54) is 36.2 Å². The first kappa shape index (κ1) is 27.6. The molecule has 10 heteroatoms. The van der Waals surface area contributed by atoms with Crippen molar-refractivity contribution in [2.75, 3.05) is 25.5 Å². The highest BCUT2D eigenvalue weighted by atomic mass is 79.9. The summed E-state index contributed by atoms with van der Waals surface area (Å²) in [5.41, 5.74) is 1.14. The third-order valence-electron chi connectivity index (χ3n) is 6.14. The van der Waals surface area contributed by atoms with Crippen molar-refractivity contribution in [3.05, 3.63) is 87.1 Å². The van der Waals surface area contributed by atoms with Crippen molar-refractivity contribution < 1.29 is 23.5 Å². The predicted octanol–water partition coefficient (Wildman–Crippen LogP) is 6.26. The number of likely N-dealkylation sites (N-methyl/N-ethyl adjacent to an activating group) is 1. The summed E-state index contributed by atoms with van der Waals surface area (Å²) in [7, 11) is 1.47. The van der Waals surface area contributed by atoms with Gasteiger partial charge in [-0.1, -0.05) is 45.7 Å².